The first-order valence-corrected chi connectivity index (χ1v) is 8.53. The number of halogens is 3. The lowest BCUT2D eigenvalue weighted by molar-refractivity contribution is -0.131. The first-order chi connectivity index (χ1) is 12.0. The number of carbonyl (C=O) groups excluding carboxylic acids is 2. The fourth-order valence-corrected chi connectivity index (χ4v) is 2.57. The van der Waals surface area contributed by atoms with Crippen LogP contribution in [0.25, 0.3) is 0 Å². The van der Waals surface area contributed by atoms with E-state index >= 15 is 0 Å². The Hall–Kier alpha value is -1.96. The van der Waals surface area contributed by atoms with Crippen LogP contribution >= 0.6 is 39.1 Å². The molecule has 0 radical (unpaired) electrons. The van der Waals surface area contributed by atoms with Gasteiger partial charge in [-0.15, -0.1) is 0 Å². The second kappa shape index (κ2) is 9.50. The zero-order valence-electron chi connectivity index (χ0n) is 12.7. The molecule has 2 aromatic rings. The molecule has 6 nitrogen and oxygen atoms in total. The number of amides is 2. The van der Waals surface area contributed by atoms with Gasteiger partial charge in [-0.25, -0.2) is 0 Å². The highest BCUT2D eigenvalue weighted by molar-refractivity contribution is 9.10. The lowest BCUT2D eigenvalue weighted by Gasteiger charge is -2.11. The van der Waals surface area contributed by atoms with E-state index in [1.54, 1.807) is 42.5 Å². The van der Waals surface area contributed by atoms with Gasteiger partial charge in [0.25, 0.3) is 11.8 Å². The van der Waals surface area contributed by atoms with Gasteiger partial charge in [-0.3, -0.25) is 20.4 Å². The maximum absolute atomic E-state index is 11.7. The lowest BCUT2D eigenvalue weighted by atomic mass is 10.3. The standard InChI is InChI=1S/C16H13BrCl2N2O4/c17-10-5-6-14(12(19)7-10)25-9-16(23)21-20-15(22)8-24-13-4-2-1-3-11(13)18/h1-7H,8-9H2,(H,20,22)(H,21,23). The number of hydrogen-bond acceptors (Lipinski definition) is 4. The van der Waals surface area contributed by atoms with Crippen molar-refractivity contribution in [1.82, 2.24) is 10.9 Å². The number of nitrogens with one attached hydrogen (secondary N) is 2. The van der Waals surface area contributed by atoms with E-state index in [2.05, 4.69) is 26.8 Å². The van der Waals surface area contributed by atoms with Crippen molar-refractivity contribution in [3.05, 3.63) is 57.0 Å². The molecule has 132 valence electrons. The van der Waals surface area contributed by atoms with Crippen LogP contribution in [0.1, 0.15) is 0 Å². The van der Waals surface area contributed by atoms with Crippen molar-refractivity contribution in [3.63, 3.8) is 0 Å². The van der Waals surface area contributed by atoms with Crippen LogP contribution in [-0.2, 0) is 9.59 Å². The smallest absolute Gasteiger partial charge is 0.276 e. The summed E-state index contributed by atoms with van der Waals surface area (Å²) in [6.45, 7) is -0.615. The van der Waals surface area contributed by atoms with Crippen LogP contribution in [0.15, 0.2) is 46.9 Å². The van der Waals surface area contributed by atoms with Crippen LogP contribution in [0.4, 0.5) is 0 Å². The van der Waals surface area contributed by atoms with Crippen molar-refractivity contribution in [3.8, 4) is 11.5 Å². The molecule has 0 atom stereocenters. The molecule has 0 heterocycles. The predicted molar refractivity (Wildman–Crippen MR) is 97.9 cm³/mol. The van der Waals surface area contributed by atoms with Gasteiger partial charge >= 0.3 is 0 Å². The van der Waals surface area contributed by atoms with Crippen LogP contribution in [0, 0.1) is 0 Å². The van der Waals surface area contributed by atoms with Crippen LogP contribution in [-0.4, -0.2) is 25.0 Å². The minimum atomic E-state index is -0.551. The minimum Gasteiger partial charge on any atom is -0.482 e. The molecule has 25 heavy (non-hydrogen) atoms. The summed E-state index contributed by atoms with van der Waals surface area (Å²) in [5, 5.41) is 0.749. The maximum Gasteiger partial charge on any atom is 0.276 e. The molecule has 0 aliphatic rings. The molecule has 0 aliphatic heterocycles. The third-order valence-electron chi connectivity index (χ3n) is 2.79. The van der Waals surface area contributed by atoms with E-state index in [9.17, 15) is 9.59 Å². The molecule has 0 bridgehead atoms. The predicted octanol–water partition coefficient (Wildman–Crippen LogP) is 3.36. The molecule has 2 aromatic carbocycles. The normalized spacial score (nSPS) is 10.0. The highest BCUT2D eigenvalue weighted by Crippen LogP contribution is 2.27. The average molecular weight is 448 g/mol. The van der Waals surface area contributed by atoms with Crippen LogP contribution in [0.3, 0.4) is 0 Å². The summed E-state index contributed by atoms with van der Waals surface area (Å²) >= 11 is 15.1. The summed E-state index contributed by atoms with van der Waals surface area (Å²) in [5.74, 6) is -0.368. The summed E-state index contributed by atoms with van der Waals surface area (Å²) in [6.07, 6.45) is 0. The summed E-state index contributed by atoms with van der Waals surface area (Å²) < 4.78 is 11.3. The molecule has 0 fully saturated rings. The fourth-order valence-electron chi connectivity index (χ4n) is 1.65. The van der Waals surface area contributed by atoms with E-state index in [0.717, 1.165) is 4.47 Å². The number of rotatable bonds is 6. The Labute approximate surface area is 162 Å². The van der Waals surface area contributed by atoms with Gasteiger partial charge in [-0.1, -0.05) is 51.3 Å². The van der Waals surface area contributed by atoms with Gasteiger partial charge in [-0.2, -0.15) is 0 Å². The number of benzene rings is 2. The van der Waals surface area contributed by atoms with E-state index in [1.165, 1.54) is 0 Å². The third kappa shape index (κ3) is 6.45. The summed E-state index contributed by atoms with van der Waals surface area (Å²) in [4.78, 5) is 23.3. The van der Waals surface area contributed by atoms with Crippen LogP contribution in [0.2, 0.25) is 10.0 Å². The van der Waals surface area contributed by atoms with Crippen molar-refractivity contribution in [2.75, 3.05) is 13.2 Å². The number of para-hydroxylation sites is 1. The molecule has 0 spiro atoms. The second-order valence-electron chi connectivity index (χ2n) is 4.68. The van der Waals surface area contributed by atoms with E-state index in [0.29, 0.717) is 21.5 Å². The van der Waals surface area contributed by atoms with Crippen molar-refractivity contribution in [2.45, 2.75) is 0 Å². The Morgan fingerprint density at radius 1 is 0.880 bits per heavy atom. The van der Waals surface area contributed by atoms with Crippen LogP contribution < -0.4 is 20.3 Å². The van der Waals surface area contributed by atoms with Gasteiger partial charge in [0, 0.05) is 4.47 Å². The van der Waals surface area contributed by atoms with Crippen LogP contribution in [0.5, 0.6) is 11.5 Å². The molecule has 0 saturated carbocycles. The van der Waals surface area contributed by atoms with Gasteiger partial charge in [0.2, 0.25) is 0 Å². The zero-order chi connectivity index (χ0) is 18.2. The minimum absolute atomic E-state index is 0.302. The van der Waals surface area contributed by atoms with Crippen molar-refractivity contribution >= 4 is 50.9 Å². The lowest BCUT2D eigenvalue weighted by Crippen LogP contribution is -2.45. The molecule has 0 unspecified atom stereocenters. The monoisotopic (exact) mass is 446 g/mol. The quantitative estimate of drug-likeness (QED) is 0.665. The third-order valence-corrected chi connectivity index (χ3v) is 3.89. The number of hydrazine groups is 1. The van der Waals surface area contributed by atoms with E-state index in [1.807, 2.05) is 0 Å². The Kier molecular flexibility index (Phi) is 7.36. The SMILES string of the molecule is O=C(COc1ccccc1Cl)NNC(=O)COc1ccc(Br)cc1Cl. The molecule has 0 aromatic heterocycles. The first kappa shape index (κ1) is 19.4. The molecule has 9 heteroatoms. The molecule has 0 saturated heterocycles. The Morgan fingerprint density at radius 3 is 2.00 bits per heavy atom. The largest absolute Gasteiger partial charge is 0.482 e. The molecular formula is C16H13BrCl2N2O4. The molecular weight excluding hydrogens is 435 g/mol. The summed E-state index contributed by atoms with van der Waals surface area (Å²) in [5.41, 5.74) is 4.41. The van der Waals surface area contributed by atoms with E-state index < -0.39 is 11.8 Å². The highest BCUT2D eigenvalue weighted by Gasteiger charge is 2.09. The van der Waals surface area contributed by atoms with Crippen molar-refractivity contribution in [2.24, 2.45) is 0 Å². The van der Waals surface area contributed by atoms with Gasteiger partial charge in [-0.05, 0) is 30.3 Å². The maximum atomic E-state index is 11.7. The average Bonchev–Trinajstić information content (AvgIpc) is 2.58. The number of ether oxygens (including phenoxy) is 2. The zero-order valence-corrected chi connectivity index (χ0v) is 15.8. The van der Waals surface area contributed by atoms with Gasteiger partial charge in [0.15, 0.2) is 13.2 Å². The van der Waals surface area contributed by atoms with Gasteiger partial charge in [0.05, 0.1) is 10.0 Å². The molecule has 2 rings (SSSR count). The first-order valence-electron chi connectivity index (χ1n) is 6.98. The second-order valence-corrected chi connectivity index (χ2v) is 6.41. The van der Waals surface area contributed by atoms with Crippen molar-refractivity contribution in [1.29, 1.82) is 0 Å². The Balaban J connectivity index is 1.70. The van der Waals surface area contributed by atoms with E-state index in [4.69, 9.17) is 32.7 Å². The highest BCUT2D eigenvalue weighted by atomic mass is 79.9. The Bertz CT molecular complexity index is 774. The molecule has 2 N–H and O–H groups in total. The molecule has 0 aliphatic carbocycles. The fraction of sp³-hybridized carbons (Fsp3) is 0.125. The number of carbonyl (C=O) groups is 2. The van der Waals surface area contributed by atoms with Gasteiger partial charge < -0.3 is 9.47 Å². The topological polar surface area (TPSA) is 76.7 Å². The van der Waals surface area contributed by atoms with Crippen molar-refractivity contribution < 1.29 is 19.1 Å². The number of hydrogen-bond donors (Lipinski definition) is 2. The molecule has 2 amide bonds. The van der Waals surface area contributed by atoms with Gasteiger partial charge in [0.1, 0.15) is 11.5 Å². The summed E-state index contributed by atoms with van der Waals surface area (Å²) in [6, 6.07) is 11.7. The van der Waals surface area contributed by atoms with E-state index in [-0.39, 0.29) is 13.2 Å². The Morgan fingerprint density at radius 2 is 1.44 bits per heavy atom. The summed E-state index contributed by atoms with van der Waals surface area (Å²) in [7, 11) is 0.